The highest BCUT2D eigenvalue weighted by Gasteiger charge is 2.21. The van der Waals surface area contributed by atoms with Crippen LogP contribution < -0.4 is 0 Å². The summed E-state index contributed by atoms with van der Waals surface area (Å²) in [6.45, 7) is 3.32. The molecule has 0 amide bonds. The summed E-state index contributed by atoms with van der Waals surface area (Å²) in [6, 6.07) is 17.0. The third-order valence-corrected chi connectivity index (χ3v) is 4.78. The van der Waals surface area contributed by atoms with Crippen LogP contribution in [0.4, 0.5) is 0 Å². The molecule has 4 heteroatoms. The van der Waals surface area contributed by atoms with Crippen molar-refractivity contribution in [2.45, 2.75) is 25.3 Å². The Morgan fingerprint density at radius 2 is 1.79 bits per heavy atom. The molecule has 122 valence electrons. The van der Waals surface area contributed by atoms with Crippen molar-refractivity contribution < 1.29 is 0 Å². The van der Waals surface area contributed by atoms with Gasteiger partial charge in [0.25, 0.3) is 0 Å². The zero-order chi connectivity index (χ0) is 16.2. The summed E-state index contributed by atoms with van der Waals surface area (Å²) in [5.74, 6) is 1.51. The van der Waals surface area contributed by atoms with Gasteiger partial charge in [0.2, 0.25) is 0 Å². The summed E-state index contributed by atoms with van der Waals surface area (Å²) in [5, 5.41) is 0. The highest BCUT2D eigenvalue weighted by atomic mass is 15.1. The minimum atomic E-state index is 0.556. The minimum absolute atomic E-state index is 0.556. The number of piperidine rings is 1. The maximum Gasteiger partial charge on any atom is 0.138 e. The van der Waals surface area contributed by atoms with Crippen molar-refractivity contribution in [1.29, 1.82) is 0 Å². The van der Waals surface area contributed by atoms with Crippen molar-refractivity contribution in [3.8, 4) is 5.82 Å². The quantitative estimate of drug-likeness (QED) is 0.736. The molecule has 0 atom stereocenters. The SMILES string of the molecule is c1ccc(CN2CCC(c3cccc(-n4ccnc4)n3)CC2)cc1. The second kappa shape index (κ2) is 6.97. The molecule has 3 heterocycles. The predicted octanol–water partition coefficient (Wildman–Crippen LogP) is 3.65. The molecule has 0 unspecified atom stereocenters. The van der Waals surface area contributed by atoms with E-state index in [0.29, 0.717) is 5.92 Å². The molecule has 0 saturated carbocycles. The van der Waals surface area contributed by atoms with E-state index in [9.17, 15) is 0 Å². The molecule has 3 aromatic rings. The second-order valence-corrected chi connectivity index (χ2v) is 6.43. The number of rotatable bonds is 4. The highest BCUT2D eigenvalue weighted by molar-refractivity contribution is 5.26. The third kappa shape index (κ3) is 3.39. The summed E-state index contributed by atoms with van der Waals surface area (Å²) in [4.78, 5) is 11.5. The first-order valence-electron chi connectivity index (χ1n) is 8.60. The molecule has 1 fully saturated rings. The fourth-order valence-electron chi connectivity index (χ4n) is 3.43. The molecule has 0 bridgehead atoms. The molecule has 1 aliphatic heterocycles. The molecule has 0 radical (unpaired) electrons. The van der Waals surface area contributed by atoms with Crippen molar-refractivity contribution in [1.82, 2.24) is 19.4 Å². The number of benzene rings is 1. The summed E-state index contributed by atoms with van der Waals surface area (Å²) in [7, 11) is 0. The number of pyridine rings is 1. The maximum atomic E-state index is 4.85. The Morgan fingerprint density at radius 3 is 2.54 bits per heavy atom. The first-order valence-corrected chi connectivity index (χ1v) is 8.60. The van der Waals surface area contributed by atoms with E-state index >= 15 is 0 Å². The topological polar surface area (TPSA) is 34.0 Å². The Balaban J connectivity index is 1.40. The number of likely N-dealkylation sites (tertiary alicyclic amines) is 1. The standard InChI is InChI=1S/C20H22N4/c1-2-5-17(6-3-1)15-23-12-9-18(10-13-23)19-7-4-8-20(22-19)24-14-11-21-16-24/h1-8,11,14,16,18H,9-10,12-13,15H2. The lowest BCUT2D eigenvalue weighted by Gasteiger charge is -2.31. The van der Waals surface area contributed by atoms with Crippen molar-refractivity contribution in [3.63, 3.8) is 0 Å². The van der Waals surface area contributed by atoms with Gasteiger partial charge in [0, 0.05) is 30.6 Å². The summed E-state index contributed by atoms with van der Waals surface area (Å²) >= 11 is 0. The molecule has 4 rings (SSSR count). The Labute approximate surface area is 142 Å². The third-order valence-electron chi connectivity index (χ3n) is 4.78. The van der Waals surface area contributed by atoms with Gasteiger partial charge in [-0.2, -0.15) is 0 Å². The summed E-state index contributed by atoms with van der Waals surface area (Å²) in [6.07, 6.45) is 7.88. The largest absolute Gasteiger partial charge is 0.299 e. The number of hydrogen-bond donors (Lipinski definition) is 0. The second-order valence-electron chi connectivity index (χ2n) is 6.43. The molecule has 1 saturated heterocycles. The molecule has 1 aromatic carbocycles. The van der Waals surface area contributed by atoms with Gasteiger partial charge in [0.15, 0.2) is 0 Å². The van der Waals surface area contributed by atoms with Crippen LogP contribution in [0, 0.1) is 0 Å². The van der Waals surface area contributed by atoms with Crippen molar-refractivity contribution in [2.75, 3.05) is 13.1 Å². The van der Waals surface area contributed by atoms with Crippen LogP contribution in [-0.2, 0) is 6.54 Å². The normalized spacial score (nSPS) is 16.3. The van der Waals surface area contributed by atoms with Gasteiger partial charge in [-0.3, -0.25) is 9.47 Å². The van der Waals surface area contributed by atoms with Gasteiger partial charge in [-0.25, -0.2) is 9.97 Å². The van der Waals surface area contributed by atoms with E-state index in [1.165, 1.54) is 24.1 Å². The molecular formula is C20H22N4. The predicted molar refractivity (Wildman–Crippen MR) is 95.1 cm³/mol. The Bertz CT molecular complexity index is 759. The molecule has 2 aromatic heterocycles. The van der Waals surface area contributed by atoms with Gasteiger partial charge < -0.3 is 0 Å². The van der Waals surface area contributed by atoms with Crippen LogP contribution in [0.15, 0.2) is 67.3 Å². The van der Waals surface area contributed by atoms with Crippen LogP contribution in [-0.4, -0.2) is 32.5 Å². The van der Waals surface area contributed by atoms with E-state index in [-0.39, 0.29) is 0 Å². The van der Waals surface area contributed by atoms with Crippen LogP contribution in [0.2, 0.25) is 0 Å². The molecular weight excluding hydrogens is 296 g/mol. The first-order chi connectivity index (χ1) is 11.9. The Kier molecular flexibility index (Phi) is 4.38. The average Bonchev–Trinajstić information content (AvgIpc) is 3.18. The van der Waals surface area contributed by atoms with Gasteiger partial charge >= 0.3 is 0 Å². The van der Waals surface area contributed by atoms with Gasteiger partial charge in [-0.05, 0) is 43.6 Å². The van der Waals surface area contributed by atoms with Crippen LogP contribution in [0.1, 0.15) is 30.0 Å². The lowest BCUT2D eigenvalue weighted by atomic mass is 9.93. The van der Waals surface area contributed by atoms with Crippen LogP contribution in [0.3, 0.4) is 0 Å². The Hall–Kier alpha value is -2.46. The zero-order valence-electron chi connectivity index (χ0n) is 13.8. The lowest BCUT2D eigenvalue weighted by molar-refractivity contribution is 0.203. The fourth-order valence-corrected chi connectivity index (χ4v) is 3.43. The summed E-state index contributed by atoms with van der Waals surface area (Å²) < 4.78 is 1.97. The molecule has 0 spiro atoms. The van der Waals surface area contributed by atoms with E-state index in [4.69, 9.17) is 4.98 Å². The van der Waals surface area contributed by atoms with Gasteiger partial charge in [-0.15, -0.1) is 0 Å². The first kappa shape index (κ1) is 15.1. The zero-order valence-corrected chi connectivity index (χ0v) is 13.8. The van der Waals surface area contributed by atoms with Crippen molar-refractivity contribution in [2.24, 2.45) is 0 Å². The van der Waals surface area contributed by atoms with Gasteiger partial charge in [0.1, 0.15) is 12.1 Å². The van der Waals surface area contributed by atoms with Gasteiger partial charge in [0.05, 0.1) is 0 Å². The van der Waals surface area contributed by atoms with E-state index in [2.05, 4.69) is 52.3 Å². The van der Waals surface area contributed by atoms with Crippen LogP contribution in [0.5, 0.6) is 0 Å². The van der Waals surface area contributed by atoms with Crippen LogP contribution >= 0.6 is 0 Å². The Morgan fingerprint density at radius 1 is 0.958 bits per heavy atom. The molecule has 4 nitrogen and oxygen atoms in total. The maximum absolute atomic E-state index is 4.85. The highest BCUT2D eigenvalue weighted by Crippen LogP contribution is 2.28. The summed E-state index contributed by atoms with van der Waals surface area (Å²) in [5.41, 5.74) is 2.61. The van der Waals surface area contributed by atoms with E-state index in [1.54, 1.807) is 12.5 Å². The van der Waals surface area contributed by atoms with E-state index in [1.807, 2.05) is 16.8 Å². The number of aromatic nitrogens is 3. The molecule has 1 aliphatic rings. The van der Waals surface area contributed by atoms with Crippen molar-refractivity contribution >= 4 is 0 Å². The monoisotopic (exact) mass is 318 g/mol. The van der Waals surface area contributed by atoms with E-state index < -0.39 is 0 Å². The number of nitrogens with zero attached hydrogens (tertiary/aromatic N) is 4. The van der Waals surface area contributed by atoms with E-state index in [0.717, 1.165) is 25.5 Å². The molecule has 0 N–H and O–H groups in total. The smallest absolute Gasteiger partial charge is 0.138 e. The molecule has 0 aliphatic carbocycles. The van der Waals surface area contributed by atoms with Crippen molar-refractivity contribution in [3.05, 3.63) is 78.5 Å². The number of imidazole rings is 1. The van der Waals surface area contributed by atoms with Gasteiger partial charge in [-0.1, -0.05) is 36.4 Å². The minimum Gasteiger partial charge on any atom is -0.299 e. The average molecular weight is 318 g/mol. The van der Waals surface area contributed by atoms with Crippen LogP contribution in [0.25, 0.3) is 5.82 Å². The fraction of sp³-hybridized carbons (Fsp3) is 0.300. The molecule has 24 heavy (non-hydrogen) atoms. The lowest BCUT2D eigenvalue weighted by Crippen LogP contribution is -2.32. The number of hydrogen-bond acceptors (Lipinski definition) is 3.